The van der Waals surface area contributed by atoms with Crippen molar-refractivity contribution >= 4 is 15.9 Å². The largest absolute Gasteiger partial charge is 0.481 e. The minimum atomic E-state index is -3.92. The van der Waals surface area contributed by atoms with Crippen LogP contribution in [0.15, 0.2) is 47.5 Å². The Labute approximate surface area is 151 Å². The lowest BCUT2D eigenvalue weighted by molar-refractivity contribution is 0.0697. The van der Waals surface area contributed by atoms with E-state index in [9.17, 15) is 17.6 Å². The first kappa shape index (κ1) is 18.3. The van der Waals surface area contributed by atoms with E-state index in [1.165, 1.54) is 35.8 Å². The molecule has 1 aliphatic rings. The summed E-state index contributed by atoms with van der Waals surface area (Å²) in [5.41, 5.74) is 0.399. The molecule has 0 atom stereocenters. The van der Waals surface area contributed by atoms with Gasteiger partial charge in [0.25, 0.3) is 5.91 Å². The molecule has 1 amide bonds. The number of amides is 1. The number of carbonyl (C=O) groups is 1. The average molecular weight is 379 g/mol. The van der Waals surface area contributed by atoms with Gasteiger partial charge in [0, 0.05) is 38.4 Å². The van der Waals surface area contributed by atoms with Crippen LogP contribution < -0.4 is 4.74 Å². The molecule has 1 aromatic carbocycles. The fourth-order valence-electron chi connectivity index (χ4n) is 2.73. The van der Waals surface area contributed by atoms with Crippen molar-refractivity contribution < 1.29 is 22.3 Å². The number of piperazine rings is 1. The number of benzene rings is 1. The van der Waals surface area contributed by atoms with E-state index in [2.05, 4.69) is 4.98 Å². The molecule has 0 unspecified atom stereocenters. The van der Waals surface area contributed by atoms with E-state index in [1.54, 1.807) is 17.0 Å². The number of methoxy groups -OCH3 is 1. The van der Waals surface area contributed by atoms with Gasteiger partial charge in [-0.1, -0.05) is 12.1 Å². The summed E-state index contributed by atoms with van der Waals surface area (Å²) in [5, 5.41) is 0. The molecule has 1 aliphatic heterocycles. The number of nitrogens with zero attached hydrogens (tertiary/aromatic N) is 3. The second-order valence-corrected chi connectivity index (χ2v) is 7.62. The second kappa shape index (κ2) is 7.38. The van der Waals surface area contributed by atoms with E-state index in [4.69, 9.17) is 4.74 Å². The Morgan fingerprint density at radius 2 is 1.81 bits per heavy atom. The van der Waals surface area contributed by atoms with Crippen LogP contribution in [-0.2, 0) is 10.0 Å². The predicted octanol–water partition coefficient (Wildman–Crippen LogP) is 1.38. The van der Waals surface area contributed by atoms with Gasteiger partial charge in [-0.25, -0.2) is 17.8 Å². The third-order valence-electron chi connectivity index (χ3n) is 4.17. The lowest BCUT2D eigenvalue weighted by Crippen LogP contribution is -2.50. The Kier molecular flexibility index (Phi) is 5.19. The zero-order valence-electron chi connectivity index (χ0n) is 14.1. The maximum atomic E-state index is 13.8. The number of aromatic nitrogens is 1. The van der Waals surface area contributed by atoms with Gasteiger partial charge < -0.3 is 9.64 Å². The Bertz CT molecular complexity index is 894. The summed E-state index contributed by atoms with van der Waals surface area (Å²) < 4.78 is 45.2. The summed E-state index contributed by atoms with van der Waals surface area (Å²) in [6, 6.07) is 8.47. The van der Waals surface area contributed by atoms with Crippen LogP contribution >= 0.6 is 0 Å². The van der Waals surface area contributed by atoms with Crippen molar-refractivity contribution in [2.75, 3.05) is 33.3 Å². The standard InChI is InChI=1S/C17H18FN3O4S/c1-25-16-7-6-13(12-19-16)17(22)20-8-10-21(11-9-20)26(23,24)15-5-3-2-4-14(15)18/h2-7,12H,8-11H2,1H3. The first-order valence-corrected chi connectivity index (χ1v) is 9.41. The number of halogens is 1. The highest BCUT2D eigenvalue weighted by Gasteiger charge is 2.32. The lowest BCUT2D eigenvalue weighted by atomic mass is 10.2. The summed E-state index contributed by atoms with van der Waals surface area (Å²) in [6.07, 6.45) is 1.42. The zero-order chi connectivity index (χ0) is 18.7. The van der Waals surface area contributed by atoms with Gasteiger partial charge in [-0.2, -0.15) is 4.31 Å². The van der Waals surface area contributed by atoms with Crippen molar-refractivity contribution in [2.24, 2.45) is 0 Å². The van der Waals surface area contributed by atoms with Crippen LogP contribution in [0.2, 0.25) is 0 Å². The molecule has 1 aromatic heterocycles. The van der Waals surface area contributed by atoms with Gasteiger partial charge in [-0.05, 0) is 18.2 Å². The first-order chi connectivity index (χ1) is 12.4. The molecular formula is C17H18FN3O4S. The number of pyridine rings is 1. The van der Waals surface area contributed by atoms with Gasteiger partial charge in [0.1, 0.15) is 10.7 Å². The van der Waals surface area contributed by atoms with Crippen molar-refractivity contribution in [3.05, 3.63) is 54.0 Å². The summed E-state index contributed by atoms with van der Waals surface area (Å²) >= 11 is 0. The van der Waals surface area contributed by atoms with E-state index in [0.717, 1.165) is 6.07 Å². The molecule has 9 heteroatoms. The maximum absolute atomic E-state index is 13.8. The molecule has 2 heterocycles. The minimum absolute atomic E-state index is 0.103. The predicted molar refractivity (Wildman–Crippen MR) is 91.9 cm³/mol. The average Bonchev–Trinajstić information content (AvgIpc) is 2.68. The molecule has 0 spiro atoms. The summed E-state index contributed by atoms with van der Waals surface area (Å²) in [5.74, 6) is -0.610. The zero-order valence-corrected chi connectivity index (χ0v) is 14.9. The highest BCUT2D eigenvalue weighted by Crippen LogP contribution is 2.21. The molecule has 0 bridgehead atoms. The Morgan fingerprint density at radius 1 is 1.12 bits per heavy atom. The lowest BCUT2D eigenvalue weighted by Gasteiger charge is -2.34. The van der Waals surface area contributed by atoms with Crippen LogP contribution in [0.1, 0.15) is 10.4 Å². The van der Waals surface area contributed by atoms with Crippen molar-refractivity contribution in [2.45, 2.75) is 4.90 Å². The highest BCUT2D eigenvalue weighted by molar-refractivity contribution is 7.89. The molecule has 3 rings (SSSR count). The summed E-state index contributed by atoms with van der Waals surface area (Å²) in [7, 11) is -2.44. The molecule has 0 radical (unpaired) electrons. The van der Waals surface area contributed by atoms with E-state index in [-0.39, 0.29) is 37.0 Å². The molecule has 7 nitrogen and oxygen atoms in total. The van der Waals surface area contributed by atoms with Crippen LogP contribution in [0.3, 0.4) is 0 Å². The molecule has 0 aliphatic carbocycles. The van der Waals surface area contributed by atoms with E-state index < -0.39 is 15.8 Å². The topological polar surface area (TPSA) is 79.8 Å². The third kappa shape index (κ3) is 3.54. The SMILES string of the molecule is COc1ccc(C(=O)N2CCN(S(=O)(=O)c3ccccc3F)CC2)cn1. The number of ether oxygens (including phenoxy) is 1. The summed E-state index contributed by atoms with van der Waals surface area (Å²) in [4.78, 5) is 17.7. The van der Waals surface area contributed by atoms with Gasteiger partial charge in [-0.15, -0.1) is 0 Å². The monoisotopic (exact) mass is 379 g/mol. The number of hydrogen-bond acceptors (Lipinski definition) is 5. The van der Waals surface area contributed by atoms with Crippen molar-refractivity contribution in [3.63, 3.8) is 0 Å². The quantitative estimate of drug-likeness (QED) is 0.802. The van der Waals surface area contributed by atoms with Gasteiger partial charge in [0.2, 0.25) is 15.9 Å². The van der Waals surface area contributed by atoms with Crippen molar-refractivity contribution in [1.82, 2.24) is 14.2 Å². The Morgan fingerprint density at radius 3 is 2.38 bits per heavy atom. The molecular weight excluding hydrogens is 361 g/mol. The molecule has 0 saturated carbocycles. The normalized spacial score (nSPS) is 15.7. The van der Waals surface area contributed by atoms with Crippen LogP contribution in [0.25, 0.3) is 0 Å². The molecule has 26 heavy (non-hydrogen) atoms. The molecule has 2 aromatic rings. The van der Waals surface area contributed by atoms with Crippen LogP contribution in [-0.4, -0.2) is 61.8 Å². The fraction of sp³-hybridized carbons (Fsp3) is 0.294. The van der Waals surface area contributed by atoms with Gasteiger partial charge >= 0.3 is 0 Å². The first-order valence-electron chi connectivity index (χ1n) is 7.97. The van der Waals surface area contributed by atoms with Crippen LogP contribution in [0.5, 0.6) is 5.88 Å². The Balaban J connectivity index is 1.68. The molecule has 138 valence electrons. The van der Waals surface area contributed by atoms with E-state index >= 15 is 0 Å². The number of carbonyl (C=O) groups excluding carboxylic acids is 1. The molecule has 1 saturated heterocycles. The minimum Gasteiger partial charge on any atom is -0.481 e. The number of sulfonamides is 1. The number of hydrogen-bond donors (Lipinski definition) is 0. The van der Waals surface area contributed by atoms with Crippen LogP contribution in [0, 0.1) is 5.82 Å². The third-order valence-corrected chi connectivity index (χ3v) is 6.10. The Hall–Kier alpha value is -2.52. The van der Waals surface area contributed by atoms with Gasteiger partial charge in [0.05, 0.1) is 12.7 Å². The smallest absolute Gasteiger partial charge is 0.255 e. The maximum Gasteiger partial charge on any atom is 0.255 e. The van der Waals surface area contributed by atoms with E-state index in [0.29, 0.717) is 11.4 Å². The van der Waals surface area contributed by atoms with Gasteiger partial charge in [-0.3, -0.25) is 4.79 Å². The highest BCUT2D eigenvalue weighted by atomic mass is 32.2. The molecule has 0 N–H and O–H groups in total. The van der Waals surface area contributed by atoms with Gasteiger partial charge in [0.15, 0.2) is 0 Å². The summed E-state index contributed by atoms with van der Waals surface area (Å²) in [6.45, 7) is 0.648. The second-order valence-electron chi connectivity index (χ2n) is 5.72. The molecule has 1 fully saturated rings. The van der Waals surface area contributed by atoms with Crippen LogP contribution in [0.4, 0.5) is 4.39 Å². The number of rotatable bonds is 4. The van der Waals surface area contributed by atoms with E-state index in [1.807, 2.05) is 0 Å². The van der Waals surface area contributed by atoms with Crippen molar-refractivity contribution in [3.8, 4) is 5.88 Å². The van der Waals surface area contributed by atoms with Crippen molar-refractivity contribution in [1.29, 1.82) is 0 Å². The fourth-order valence-corrected chi connectivity index (χ4v) is 4.22.